The molecule has 0 bridgehead atoms. The molecule has 23 heavy (non-hydrogen) atoms. The monoisotopic (exact) mass is 314 g/mol. The van der Waals surface area contributed by atoms with Gasteiger partial charge in [0.1, 0.15) is 6.61 Å². The molecule has 0 radical (unpaired) electrons. The van der Waals surface area contributed by atoms with Crippen molar-refractivity contribution < 1.29 is 19.1 Å². The molecule has 0 spiro atoms. The number of primary amides is 1. The average Bonchev–Trinajstić information content (AvgIpc) is 2.58. The van der Waals surface area contributed by atoms with Crippen molar-refractivity contribution in [2.24, 2.45) is 5.73 Å². The third kappa shape index (κ3) is 4.74. The van der Waals surface area contributed by atoms with E-state index < -0.39 is 11.8 Å². The lowest BCUT2D eigenvalue weighted by atomic mass is 10.2. The zero-order valence-corrected chi connectivity index (χ0v) is 12.7. The zero-order chi connectivity index (χ0) is 16.7. The molecule has 0 heterocycles. The molecular formula is C17H18N2O4. The van der Waals surface area contributed by atoms with Gasteiger partial charge >= 0.3 is 0 Å². The van der Waals surface area contributed by atoms with Gasteiger partial charge in [0, 0.05) is 5.56 Å². The van der Waals surface area contributed by atoms with Crippen LogP contribution in [0.2, 0.25) is 0 Å². The molecule has 2 aromatic rings. The standard InChI is InChI=1S/C17H18N2O4/c1-22-15-9-13(17(21)19-10-16(18)20)7-8-14(15)23-11-12-5-3-2-4-6-12/h2-9H,10-11H2,1H3,(H2,18,20)(H,19,21). The SMILES string of the molecule is COc1cc(C(=O)NCC(N)=O)ccc1OCc1ccccc1. The summed E-state index contributed by atoms with van der Waals surface area (Å²) in [6.07, 6.45) is 0. The van der Waals surface area contributed by atoms with E-state index in [2.05, 4.69) is 5.32 Å². The molecule has 0 aromatic heterocycles. The van der Waals surface area contributed by atoms with Crippen LogP contribution in [0.3, 0.4) is 0 Å². The Morgan fingerprint density at radius 2 is 1.83 bits per heavy atom. The Balaban J connectivity index is 2.07. The fourth-order valence-corrected chi connectivity index (χ4v) is 1.93. The van der Waals surface area contributed by atoms with Crippen molar-refractivity contribution in [1.29, 1.82) is 0 Å². The minimum atomic E-state index is -0.604. The van der Waals surface area contributed by atoms with Crippen LogP contribution in [0.15, 0.2) is 48.5 Å². The Morgan fingerprint density at radius 1 is 1.09 bits per heavy atom. The van der Waals surface area contributed by atoms with Gasteiger partial charge in [-0.05, 0) is 23.8 Å². The van der Waals surface area contributed by atoms with Crippen molar-refractivity contribution in [3.8, 4) is 11.5 Å². The molecule has 0 saturated carbocycles. The van der Waals surface area contributed by atoms with Gasteiger partial charge in [-0.3, -0.25) is 9.59 Å². The second kappa shape index (κ2) is 7.84. The first-order valence-electron chi connectivity index (χ1n) is 7.01. The minimum Gasteiger partial charge on any atom is -0.493 e. The molecule has 120 valence electrons. The Morgan fingerprint density at radius 3 is 2.48 bits per heavy atom. The van der Waals surface area contributed by atoms with E-state index in [9.17, 15) is 9.59 Å². The average molecular weight is 314 g/mol. The van der Waals surface area contributed by atoms with E-state index in [1.807, 2.05) is 30.3 Å². The Kier molecular flexibility index (Phi) is 5.57. The van der Waals surface area contributed by atoms with Crippen molar-refractivity contribution in [1.82, 2.24) is 5.32 Å². The van der Waals surface area contributed by atoms with E-state index >= 15 is 0 Å². The minimum absolute atomic E-state index is 0.215. The van der Waals surface area contributed by atoms with E-state index in [1.54, 1.807) is 18.2 Å². The van der Waals surface area contributed by atoms with Crippen LogP contribution in [0.4, 0.5) is 0 Å². The predicted molar refractivity (Wildman–Crippen MR) is 85.3 cm³/mol. The Labute approximate surface area is 134 Å². The van der Waals surface area contributed by atoms with Crippen LogP contribution in [0.5, 0.6) is 11.5 Å². The van der Waals surface area contributed by atoms with E-state index in [-0.39, 0.29) is 6.54 Å². The highest BCUT2D eigenvalue weighted by molar-refractivity contribution is 5.96. The first-order valence-corrected chi connectivity index (χ1v) is 7.01. The van der Waals surface area contributed by atoms with Gasteiger partial charge in [-0.1, -0.05) is 30.3 Å². The molecule has 2 rings (SSSR count). The summed E-state index contributed by atoms with van der Waals surface area (Å²) in [4.78, 5) is 22.6. The molecule has 0 atom stereocenters. The number of carbonyl (C=O) groups excluding carboxylic acids is 2. The third-order valence-electron chi connectivity index (χ3n) is 3.09. The molecule has 2 aromatic carbocycles. The molecule has 3 N–H and O–H groups in total. The van der Waals surface area contributed by atoms with E-state index in [4.69, 9.17) is 15.2 Å². The van der Waals surface area contributed by atoms with Gasteiger partial charge in [-0.15, -0.1) is 0 Å². The number of carbonyl (C=O) groups is 2. The number of amides is 2. The number of ether oxygens (including phenoxy) is 2. The van der Waals surface area contributed by atoms with Crippen molar-refractivity contribution in [2.75, 3.05) is 13.7 Å². The second-order valence-corrected chi connectivity index (χ2v) is 4.79. The number of methoxy groups -OCH3 is 1. The van der Waals surface area contributed by atoms with E-state index in [0.717, 1.165) is 5.56 Å². The van der Waals surface area contributed by atoms with Crippen LogP contribution < -0.4 is 20.5 Å². The summed E-state index contributed by atoms with van der Waals surface area (Å²) in [7, 11) is 1.50. The Bertz CT molecular complexity index is 686. The lowest BCUT2D eigenvalue weighted by Crippen LogP contribution is -2.33. The van der Waals surface area contributed by atoms with Crippen LogP contribution in [-0.2, 0) is 11.4 Å². The quantitative estimate of drug-likeness (QED) is 0.810. The topological polar surface area (TPSA) is 90.6 Å². The number of hydrogen-bond acceptors (Lipinski definition) is 4. The summed E-state index contributed by atoms with van der Waals surface area (Å²) >= 11 is 0. The smallest absolute Gasteiger partial charge is 0.251 e. The maximum absolute atomic E-state index is 11.9. The summed E-state index contributed by atoms with van der Waals surface area (Å²) in [6.45, 7) is 0.178. The number of nitrogens with one attached hydrogen (secondary N) is 1. The first-order chi connectivity index (χ1) is 11.1. The summed E-state index contributed by atoms with van der Waals surface area (Å²) in [5.74, 6) is -0.0414. The van der Waals surface area contributed by atoms with E-state index in [1.165, 1.54) is 7.11 Å². The normalized spacial score (nSPS) is 9.96. The van der Waals surface area contributed by atoms with Crippen LogP contribution in [0.1, 0.15) is 15.9 Å². The summed E-state index contributed by atoms with van der Waals surface area (Å²) in [5, 5.41) is 2.42. The Hall–Kier alpha value is -3.02. The number of hydrogen-bond donors (Lipinski definition) is 2. The molecule has 6 heteroatoms. The first kappa shape index (κ1) is 16.4. The van der Waals surface area contributed by atoms with Gasteiger partial charge in [0.25, 0.3) is 5.91 Å². The van der Waals surface area contributed by atoms with Crippen LogP contribution in [0, 0.1) is 0 Å². The maximum atomic E-state index is 11.9. The van der Waals surface area contributed by atoms with Gasteiger partial charge < -0.3 is 20.5 Å². The number of benzene rings is 2. The summed E-state index contributed by atoms with van der Waals surface area (Å²) in [6, 6.07) is 14.5. The van der Waals surface area contributed by atoms with Gasteiger partial charge in [-0.2, -0.15) is 0 Å². The molecule has 0 aliphatic heterocycles. The molecule has 0 fully saturated rings. The van der Waals surface area contributed by atoms with Crippen molar-refractivity contribution in [2.45, 2.75) is 6.61 Å². The molecule has 6 nitrogen and oxygen atoms in total. The van der Waals surface area contributed by atoms with Gasteiger partial charge in [0.2, 0.25) is 5.91 Å². The molecular weight excluding hydrogens is 296 g/mol. The third-order valence-corrected chi connectivity index (χ3v) is 3.09. The lowest BCUT2D eigenvalue weighted by molar-refractivity contribution is -0.117. The molecule has 0 aliphatic carbocycles. The molecule has 0 unspecified atom stereocenters. The van der Waals surface area contributed by atoms with Gasteiger partial charge in [0.05, 0.1) is 13.7 Å². The fourth-order valence-electron chi connectivity index (χ4n) is 1.93. The fraction of sp³-hybridized carbons (Fsp3) is 0.176. The van der Waals surface area contributed by atoms with Gasteiger partial charge in [-0.25, -0.2) is 0 Å². The highest BCUT2D eigenvalue weighted by Crippen LogP contribution is 2.28. The van der Waals surface area contributed by atoms with Gasteiger partial charge in [0.15, 0.2) is 11.5 Å². The maximum Gasteiger partial charge on any atom is 0.251 e. The van der Waals surface area contributed by atoms with Crippen LogP contribution in [0.25, 0.3) is 0 Å². The van der Waals surface area contributed by atoms with Crippen LogP contribution >= 0.6 is 0 Å². The van der Waals surface area contributed by atoms with Crippen molar-refractivity contribution in [3.05, 3.63) is 59.7 Å². The van der Waals surface area contributed by atoms with E-state index in [0.29, 0.717) is 23.7 Å². The predicted octanol–water partition coefficient (Wildman–Crippen LogP) is 1.49. The highest BCUT2D eigenvalue weighted by Gasteiger charge is 2.11. The largest absolute Gasteiger partial charge is 0.493 e. The zero-order valence-electron chi connectivity index (χ0n) is 12.7. The molecule has 2 amide bonds. The number of nitrogens with two attached hydrogens (primary N) is 1. The van der Waals surface area contributed by atoms with Crippen molar-refractivity contribution >= 4 is 11.8 Å². The summed E-state index contributed by atoms with van der Waals surface area (Å²) < 4.78 is 11.0. The van der Waals surface area contributed by atoms with Crippen molar-refractivity contribution in [3.63, 3.8) is 0 Å². The molecule has 0 saturated heterocycles. The molecule has 0 aliphatic rings. The lowest BCUT2D eigenvalue weighted by Gasteiger charge is -2.12. The second-order valence-electron chi connectivity index (χ2n) is 4.79. The van der Waals surface area contributed by atoms with Crippen LogP contribution in [-0.4, -0.2) is 25.5 Å². The number of rotatable bonds is 7. The highest BCUT2D eigenvalue weighted by atomic mass is 16.5. The summed E-state index contributed by atoms with van der Waals surface area (Å²) in [5.41, 5.74) is 6.38.